The summed E-state index contributed by atoms with van der Waals surface area (Å²) in [5.41, 5.74) is 1.82. The Balaban J connectivity index is 1.37. The molecule has 0 aliphatic heterocycles. The molecule has 0 spiro atoms. The third-order valence-corrected chi connectivity index (χ3v) is 10.5. The second kappa shape index (κ2) is 8.24. The minimum atomic E-state index is -1.31. The minimum Gasteiger partial charge on any atom is -0.450 e. The molecule has 0 aromatic carbocycles. The molecular formula is C28H32FN3O4S. The number of halogens is 1. The SMILES string of the molecule is CC(=O)O[C@]1(C(=O)S)CCC2[C@@H]3CCC4=Cc5c(cnn5-c5ccc(F)nc5)C[C@]4(C)C3[C@@H](O)C[C@@]21C. The van der Waals surface area contributed by atoms with Crippen molar-refractivity contribution in [3.8, 4) is 5.69 Å². The van der Waals surface area contributed by atoms with Crippen LogP contribution in [0, 0.1) is 34.5 Å². The van der Waals surface area contributed by atoms with Crippen LogP contribution in [0.25, 0.3) is 11.8 Å². The number of pyridine rings is 1. The van der Waals surface area contributed by atoms with Crippen LogP contribution in [0.3, 0.4) is 0 Å². The molecule has 3 saturated carbocycles. The quantitative estimate of drug-likeness (QED) is 0.352. The first-order valence-electron chi connectivity index (χ1n) is 13.0. The molecular weight excluding hydrogens is 493 g/mol. The Morgan fingerprint density at radius 3 is 2.70 bits per heavy atom. The number of hydrogen-bond acceptors (Lipinski definition) is 6. The molecule has 7 nitrogen and oxygen atoms in total. The normalized spacial score (nSPS) is 38.1. The summed E-state index contributed by atoms with van der Waals surface area (Å²) < 4.78 is 21.0. The van der Waals surface area contributed by atoms with E-state index in [1.165, 1.54) is 24.8 Å². The van der Waals surface area contributed by atoms with E-state index >= 15 is 0 Å². The molecule has 196 valence electrons. The number of rotatable bonds is 3. The summed E-state index contributed by atoms with van der Waals surface area (Å²) in [5, 5.41) is 15.9. The Bertz CT molecular complexity index is 1330. The number of ether oxygens (including phenoxy) is 1. The summed E-state index contributed by atoms with van der Waals surface area (Å²) in [7, 11) is 0. The number of esters is 1. The number of carbonyl (C=O) groups excluding carboxylic acids is 2. The lowest BCUT2D eigenvalue weighted by Gasteiger charge is -2.60. The van der Waals surface area contributed by atoms with E-state index < -0.39 is 34.2 Å². The van der Waals surface area contributed by atoms with Gasteiger partial charge in [-0.15, -0.1) is 12.6 Å². The van der Waals surface area contributed by atoms with Gasteiger partial charge in [0.25, 0.3) is 0 Å². The van der Waals surface area contributed by atoms with E-state index in [4.69, 9.17) is 4.74 Å². The van der Waals surface area contributed by atoms with Crippen molar-refractivity contribution >= 4 is 29.8 Å². The second-order valence-corrected chi connectivity index (χ2v) is 12.3. The van der Waals surface area contributed by atoms with Crippen molar-refractivity contribution in [1.82, 2.24) is 14.8 Å². The van der Waals surface area contributed by atoms with Gasteiger partial charge in [-0.1, -0.05) is 19.4 Å². The predicted molar refractivity (Wildman–Crippen MR) is 137 cm³/mol. The first-order valence-corrected chi connectivity index (χ1v) is 13.5. The lowest BCUT2D eigenvalue weighted by atomic mass is 9.45. The van der Waals surface area contributed by atoms with Crippen LogP contribution in [-0.4, -0.2) is 42.7 Å². The van der Waals surface area contributed by atoms with Crippen LogP contribution in [0.1, 0.15) is 64.1 Å². The fraction of sp³-hybridized carbons (Fsp3) is 0.571. The average molecular weight is 526 g/mol. The highest BCUT2D eigenvalue weighted by Crippen LogP contribution is 2.68. The van der Waals surface area contributed by atoms with E-state index in [1.807, 2.05) is 13.1 Å². The Kier molecular flexibility index (Phi) is 5.52. The molecule has 2 aromatic heterocycles. The lowest BCUT2D eigenvalue weighted by Crippen LogP contribution is -2.62. The molecule has 1 N–H and O–H groups in total. The molecule has 7 atom stereocenters. The fourth-order valence-corrected chi connectivity index (χ4v) is 9.09. The highest BCUT2D eigenvalue weighted by Gasteiger charge is 2.70. The number of hydrogen-bond donors (Lipinski definition) is 2. The number of nitrogens with zero attached hydrogens (tertiary/aromatic N) is 3. The van der Waals surface area contributed by atoms with E-state index in [0.29, 0.717) is 18.5 Å². The van der Waals surface area contributed by atoms with Gasteiger partial charge in [0.1, 0.15) is 0 Å². The van der Waals surface area contributed by atoms with Gasteiger partial charge in [0.05, 0.1) is 29.9 Å². The highest BCUT2D eigenvalue weighted by molar-refractivity contribution is 7.96. The maximum absolute atomic E-state index is 13.4. The van der Waals surface area contributed by atoms with Gasteiger partial charge >= 0.3 is 5.97 Å². The Hall–Kier alpha value is -2.52. The predicted octanol–water partition coefficient (Wildman–Crippen LogP) is 4.32. The van der Waals surface area contributed by atoms with E-state index in [0.717, 1.165) is 36.9 Å². The average Bonchev–Trinajstić information content (AvgIpc) is 3.35. The molecule has 2 aromatic rings. The molecule has 4 aliphatic carbocycles. The number of aromatic nitrogens is 3. The summed E-state index contributed by atoms with van der Waals surface area (Å²) in [6.07, 6.45) is 8.98. The van der Waals surface area contributed by atoms with Gasteiger partial charge in [-0.2, -0.15) is 9.49 Å². The third-order valence-electron chi connectivity index (χ3n) is 10.2. The molecule has 0 amide bonds. The maximum atomic E-state index is 13.4. The molecule has 2 unspecified atom stereocenters. The molecule has 3 fully saturated rings. The van der Waals surface area contributed by atoms with E-state index in [-0.39, 0.29) is 23.2 Å². The molecule has 0 bridgehead atoms. The van der Waals surface area contributed by atoms with Crippen molar-refractivity contribution in [3.05, 3.63) is 47.3 Å². The standard InChI is InChI=1S/C28H32FN3O4S/c1-15(33)36-28(25(35)37)9-8-20-19-6-4-17-10-21-16(13-31-32(21)18-5-7-23(29)30-14-18)11-26(17,2)24(19)22(34)12-27(20,28)3/h5,7,10,13-14,19-20,22,24,34H,4,6,8-9,11-12H2,1-3H3,(H,35,37)/t19-,20?,22-,24?,26-,27-,28-/m0/s1. The Labute approximate surface area is 220 Å². The summed E-state index contributed by atoms with van der Waals surface area (Å²) in [6.45, 7) is 5.59. The van der Waals surface area contributed by atoms with Gasteiger partial charge in [-0.25, -0.2) is 9.67 Å². The van der Waals surface area contributed by atoms with Gasteiger partial charge in [-0.3, -0.25) is 9.59 Å². The molecule has 9 heteroatoms. The number of aliphatic hydroxyl groups is 1. The minimum absolute atomic E-state index is 0.0118. The molecule has 2 heterocycles. The molecule has 4 aliphatic rings. The summed E-state index contributed by atoms with van der Waals surface area (Å²) in [4.78, 5) is 28.7. The number of carbonyl (C=O) groups is 2. The number of aliphatic hydroxyl groups excluding tert-OH is 1. The zero-order valence-electron chi connectivity index (χ0n) is 21.3. The van der Waals surface area contributed by atoms with Crippen LogP contribution in [0.2, 0.25) is 0 Å². The van der Waals surface area contributed by atoms with Crippen LogP contribution in [0.15, 0.2) is 30.1 Å². The summed E-state index contributed by atoms with van der Waals surface area (Å²) in [6, 6.07) is 3.00. The van der Waals surface area contributed by atoms with E-state index in [2.05, 4.69) is 35.7 Å². The van der Waals surface area contributed by atoms with E-state index in [1.54, 1.807) is 10.7 Å². The Morgan fingerprint density at radius 2 is 2.03 bits per heavy atom. The lowest BCUT2D eigenvalue weighted by molar-refractivity contribution is -0.194. The number of allylic oxidation sites excluding steroid dienone is 1. The smallest absolute Gasteiger partial charge is 0.303 e. The van der Waals surface area contributed by atoms with Crippen LogP contribution in [0.4, 0.5) is 4.39 Å². The van der Waals surface area contributed by atoms with E-state index in [9.17, 15) is 19.1 Å². The van der Waals surface area contributed by atoms with Crippen molar-refractivity contribution in [1.29, 1.82) is 0 Å². The zero-order valence-corrected chi connectivity index (χ0v) is 22.2. The van der Waals surface area contributed by atoms with Gasteiger partial charge in [0.15, 0.2) is 5.60 Å². The third kappa shape index (κ3) is 3.35. The van der Waals surface area contributed by atoms with Gasteiger partial charge in [0, 0.05) is 12.3 Å². The van der Waals surface area contributed by atoms with Crippen LogP contribution >= 0.6 is 12.6 Å². The van der Waals surface area contributed by atoms with Gasteiger partial charge in [-0.05, 0) is 85.5 Å². The second-order valence-electron chi connectivity index (χ2n) is 11.9. The van der Waals surface area contributed by atoms with Crippen molar-refractivity contribution in [3.63, 3.8) is 0 Å². The molecule has 0 saturated heterocycles. The van der Waals surface area contributed by atoms with Gasteiger partial charge < -0.3 is 9.84 Å². The van der Waals surface area contributed by atoms with Gasteiger partial charge in [0.2, 0.25) is 11.1 Å². The van der Waals surface area contributed by atoms with Crippen molar-refractivity contribution in [2.75, 3.05) is 0 Å². The topological polar surface area (TPSA) is 94.3 Å². The molecule has 37 heavy (non-hydrogen) atoms. The first kappa shape index (κ1) is 24.8. The van der Waals surface area contributed by atoms with Crippen molar-refractivity contribution in [2.45, 2.75) is 71.0 Å². The molecule has 6 rings (SSSR count). The Morgan fingerprint density at radius 1 is 1.24 bits per heavy atom. The van der Waals surface area contributed by atoms with Crippen molar-refractivity contribution < 1.29 is 23.8 Å². The maximum Gasteiger partial charge on any atom is 0.303 e. The summed E-state index contributed by atoms with van der Waals surface area (Å²) in [5.74, 6) is -0.674. The van der Waals surface area contributed by atoms with Crippen LogP contribution in [-0.2, 0) is 20.7 Å². The fourth-order valence-electron chi connectivity index (χ4n) is 8.68. The zero-order chi connectivity index (χ0) is 26.3. The highest BCUT2D eigenvalue weighted by atomic mass is 32.1. The van der Waals surface area contributed by atoms with Crippen molar-refractivity contribution in [2.24, 2.45) is 28.6 Å². The number of thiol groups is 1. The number of fused-ring (bicyclic) bond motifs is 6. The molecule has 0 radical (unpaired) electrons. The largest absolute Gasteiger partial charge is 0.450 e. The first-order chi connectivity index (χ1) is 17.5. The van der Waals surface area contributed by atoms with Crippen LogP contribution in [0.5, 0.6) is 0 Å². The monoisotopic (exact) mass is 525 g/mol. The van der Waals surface area contributed by atoms with Crippen LogP contribution < -0.4 is 0 Å². The summed E-state index contributed by atoms with van der Waals surface area (Å²) >= 11 is 4.19.